The third-order valence-electron chi connectivity index (χ3n) is 7.47. The number of fused-ring (bicyclic) bond motifs is 1. The van der Waals surface area contributed by atoms with Crippen LogP contribution in [0.4, 0.5) is 18.9 Å². The van der Waals surface area contributed by atoms with Crippen LogP contribution < -0.4 is 4.90 Å². The molecule has 8 heteroatoms. The molecule has 32 heavy (non-hydrogen) atoms. The largest absolute Gasteiger partial charge is 0.417 e. The Morgan fingerprint density at radius 2 is 2.00 bits per heavy atom. The van der Waals surface area contributed by atoms with E-state index in [9.17, 15) is 18.0 Å². The number of halogens is 3. The highest BCUT2D eigenvalue weighted by Crippen LogP contribution is 2.45. The fourth-order valence-electron chi connectivity index (χ4n) is 5.77. The molecule has 0 unspecified atom stereocenters. The third-order valence-corrected chi connectivity index (χ3v) is 7.47. The molecule has 1 aromatic carbocycles. The number of carbonyl (C=O) groups excluding carboxylic acids is 1. The summed E-state index contributed by atoms with van der Waals surface area (Å²) < 4.78 is 46.3. The number of hydrogen-bond donors (Lipinski definition) is 0. The van der Waals surface area contributed by atoms with Crippen LogP contribution >= 0.6 is 0 Å². The van der Waals surface area contributed by atoms with Gasteiger partial charge in [-0.1, -0.05) is 12.8 Å². The van der Waals surface area contributed by atoms with Crippen LogP contribution in [-0.2, 0) is 15.7 Å². The smallest absolute Gasteiger partial charge is 0.381 e. The van der Waals surface area contributed by atoms with Gasteiger partial charge < -0.3 is 14.5 Å². The van der Waals surface area contributed by atoms with Crippen LogP contribution in [0.1, 0.15) is 50.2 Å². The first kappa shape index (κ1) is 22.9. The van der Waals surface area contributed by atoms with Gasteiger partial charge in [0.15, 0.2) is 0 Å². The summed E-state index contributed by atoms with van der Waals surface area (Å²) in [7, 11) is 0. The molecule has 1 saturated carbocycles. The lowest BCUT2D eigenvalue weighted by molar-refractivity contribution is -0.141. The number of nitriles is 1. The predicted molar refractivity (Wildman–Crippen MR) is 114 cm³/mol. The molecular weight excluding hydrogens is 419 g/mol. The number of nitrogens with zero attached hydrogens (tertiary/aromatic N) is 3. The molecule has 0 aromatic heterocycles. The van der Waals surface area contributed by atoms with Crippen molar-refractivity contribution < 1.29 is 22.7 Å². The van der Waals surface area contributed by atoms with Crippen molar-refractivity contribution in [1.29, 1.82) is 5.26 Å². The predicted octanol–water partition coefficient (Wildman–Crippen LogP) is 4.46. The summed E-state index contributed by atoms with van der Waals surface area (Å²) in [6.45, 7) is 5.42. The molecule has 2 saturated heterocycles. The minimum atomic E-state index is -4.58. The number of alkyl halides is 3. The minimum Gasteiger partial charge on any atom is -0.381 e. The normalized spacial score (nSPS) is 26.3. The number of piperidine rings is 1. The molecule has 3 aliphatic rings. The van der Waals surface area contributed by atoms with E-state index >= 15 is 0 Å². The van der Waals surface area contributed by atoms with Crippen molar-refractivity contribution >= 4 is 11.6 Å². The molecule has 0 N–H and O–H groups in total. The van der Waals surface area contributed by atoms with Gasteiger partial charge in [-0.2, -0.15) is 18.4 Å². The molecule has 2 heterocycles. The highest BCUT2D eigenvalue weighted by Gasteiger charge is 2.51. The van der Waals surface area contributed by atoms with Crippen molar-refractivity contribution in [1.82, 2.24) is 4.90 Å². The molecule has 174 valence electrons. The van der Waals surface area contributed by atoms with Crippen molar-refractivity contribution in [2.75, 3.05) is 44.3 Å². The molecule has 5 nitrogen and oxygen atoms in total. The zero-order chi connectivity index (χ0) is 22.9. The Labute approximate surface area is 187 Å². The Morgan fingerprint density at radius 1 is 1.25 bits per heavy atom. The zero-order valence-corrected chi connectivity index (χ0v) is 18.5. The average Bonchev–Trinajstić information content (AvgIpc) is 3.44. The average molecular weight is 450 g/mol. The summed E-state index contributed by atoms with van der Waals surface area (Å²) in [5, 5.41) is 9.10. The Morgan fingerprint density at radius 3 is 2.66 bits per heavy atom. The van der Waals surface area contributed by atoms with Gasteiger partial charge in [-0.05, 0) is 50.3 Å². The first-order valence-electron chi connectivity index (χ1n) is 11.5. The Hall–Kier alpha value is -2.27. The Balaban J connectivity index is 1.59. The molecule has 0 radical (unpaired) electrons. The molecule has 1 aliphatic carbocycles. The van der Waals surface area contributed by atoms with Gasteiger partial charge in [0.2, 0.25) is 5.91 Å². The molecule has 2 atom stereocenters. The second kappa shape index (κ2) is 8.93. The third kappa shape index (κ3) is 4.32. The van der Waals surface area contributed by atoms with Gasteiger partial charge in [0.05, 0.1) is 23.8 Å². The van der Waals surface area contributed by atoms with Crippen LogP contribution in [-0.4, -0.2) is 50.2 Å². The lowest BCUT2D eigenvalue weighted by Gasteiger charge is -2.44. The maximum atomic E-state index is 13.5. The van der Waals surface area contributed by atoms with Gasteiger partial charge in [0.1, 0.15) is 0 Å². The van der Waals surface area contributed by atoms with Gasteiger partial charge in [-0.25, -0.2) is 0 Å². The summed E-state index contributed by atoms with van der Waals surface area (Å²) >= 11 is 0. The second-order valence-corrected chi connectivity index (χ2v) is 9.45. The quantitative estimate of drug-likeness (QED) is 0.666. The first-order chi connectivity index (χ1) is 15.3. The number of ether oxygens (including phenoxy) is 1. The van der Waals surface area contributed by atoms with Crippen LogP contribution in [0.25, 0.3) is 0 Å². The SMILES string of the molecule is CCOC[C@]12CN(C(=O)C3CCCC3)CC[C@H]1CN(c1ccc(C#N)c(C(F)(F)F)c1)C2. The van der Waals surface area contributed by atoms with Crippen molar-refractivity contribution in [2.45, 2.75) is 45.2 Å². The molecule has 1 aromatic rings. The van der Waals surface area contributed by atoms with Crippen molar-refractivity contribution in [2.24, 2.45) is 17.3 Å². The first-order valence-corrected chi connectivity index (χ1v) is 11.5. The fourth-order valence-corrected chi connectivity index (χ4v) is 5.77. The second-order valence-electron chi connectivity index (χ2n) is 9.45. The number of anilines is 1. The van der Waals surface area contributed by atoms with Crippen molar-refractivity contribution in [3.63, 3.8) is 0 Å². The van der Waals surface area contributed by atoms with E-state index < -0.39 is 11.7 Å². The van der Waals surface area contributed by atoms with E-state index in [-0.39, 0.29) is 28.7 Å². The zero-order valence-electron chi connectivity index (χ0n) is 18.5. The summed E-state index contributed by atoms with van der Waals surface area (Å²) in [6, 6.07) is 5.59. The highest BCUT2D eigenvalue weighted by molar-refractivity contribution is 5.79. The summed E-state index contributed by atoms with van der Waals surface area (Å²) in [5.41, 5.74) is -1.09. The van der Waals surface area contributed by atoms with Crippen LogP contribution in [0, 0.1) is 28.6 Å². The van der Waals surface area contributed by atoms with Gasteiger partial charge in [0, 0.05) is 49.8 Å². The molecule has 0 bridgehead atoms. The monoisotopic (exact) mass is 449 g/mol. The van der Waals surface area contributed by atoms with E-state index in [1.54, 1.807) is 12.1 Å². The van der Waals surface area contributed by atoms with Gasteiger partial charge in [-0.3, -0.25) is 4.79 Å². The Bertz CT molecular complexity index is 891. The fraction of sp³-hybridized carbons (Fsp3) is 0.667. The number of amides is 1. The van der Waals surface area contributed by atoms with E-state index in [4.69, 9.17) is 10.00 Å². The maximum absolute atomic E-state index is 13.5. The van der Waals surface area contributed by atoms with Crippen LogP contribution in [0.15, 0.2) is 18.2 Å². The van der Waals surface area contributed by atoms with Gasteiger partial charge in [0.25, 0.3) is 0 Å². The maximum Gasteiger partial charge on any atom is 0.417 e. The minimum absolute atomic E-state index is 0.112. The van der Waals surface area contributed by atoms with Crippen LogP contribution in [0.5, 0.6) is 0 Å². The summed E-state index contributed by atoms with van der Waals surface area (Å²) in [6.07, 6.45) is 0.352. The van der Waals surface area contributed by atoms with Crippen LogP contribution in [0.3, 0.4) is 0 Å². The number of rotatable bonds is 5. The van der Waals surface area contributed by atoms with Gasteiger partial charge >= 0.3 is 6.18 Å². The highest BCUT2D eigenvalue weighted by atomic mass is 19.4. The summed E-state index contributed by atoms with van der Waals surface area (Å²) in [4.78, 5) is 17.1. The summed E-state index contributed by atoms with van der Waals surface area (Å²) in [5.74, 6) is 0.584. The Kier molecular flexibility index (Phi) is 6.39. The number of carbonyl (C=O) groups is 1. The van der Waals surface area contributed by atoms with E-state index in [2.05, 4.69) is 0 Å². The molecule has 3 fully saturated rings. The van der Waals surface area contributed by atoms with Crippen molar-refractivity contribution in [3.8, 4) is 6.07 Å². The lowest BCUT2D eigenvalue weighted by Crippen LogP contribution is -2.54. The molecule has 1 amide bonds. The topological polar surface area (TPSA) is 56.6 Å². The molecule has 0 spiro atoms. The molecular formula is C24H30F3N3O2. The number of hydrogen-bond acceptors (Lipinski definition) is 4. The van der Waals surface area contributed by atoms with E-state index in [1.807, 2.05) is 16.7 Å². The number of likely N-dealkylation sites (tertiary alicyclic amines) is 1. The van der Waals surface area contributed by atoms with E-state index in [0.717, 1.165) is 38.2 Å². The molecule has 4 rings (SSSR count). The van der Waals surface area contributed by atoms with E-state index in [1.165, 1.54) is 6.07 Å². The van der Waals surface area contributed by atoms with E-state index in [0.29, 0.717) is 45.1 Å². The number of benzene rings is 1. The van der Waals surface area contributed by atoms with Crippen LogP contribution in [0.2, 0.25) is 0 Å². The molecule has 2 aliphatic heterocycles. The van der Waals surface area contributed by atoms with Crippen molar-refractivity contribution in [3.05, 3.63) is 29.3 Å². The van der Waals surface area contributed by atoms with Gasteiger partial charge in [-0.15, -0.1) is 0 Å². The standard InChI is InChI=1S/C24H30F3N3O2/c1-2-32-16-23-14-29(22(31)17-5-3-4-6-17)10-9-19(23)13-30(15-23)20-8-7-18(12-28)21(11-20)24(25,26)27/h7-8,11,17,19H,2-6,9-10,13-16H2,1H3/t19-,23+/m0/s1. The lowest BCUT2D eigenvalue weighted by atomic mass is 9.73.